The molecule has 1 aliphatic rings. The third kappa shape index (κ3) is 3.70. The van der Waals surface area contributed by atoms with E-state index >= 15 is 0 Å². The van der Waals surface area contributed by atoms with E-state index in [-0.39, 0.29) is 0 Å². The summed E-state index contributed by atoms with van der Waals surface area (Å²) in [5.74, 6) is 0.922. The zero-order valence-electron chi connectivity index (χ0n) is 28.0. The molecular weight excluding hydrogens is 633 g/mol. The maximum atomic E-state index is 5.38. The number of nitrogens with zero attached hydrogens (tertiary/aromatic N) is 4. The van der Waals surface area contributed by atoms with Gasteiger partial charge in [-0.15, -0.1) is 0 Å². The van der Waals surface area contributed by atoms with Crippen molar-refractivity contribution < 1.29 is 0 Å². The first kappa shape index (κ1) is 27.7. The minimum Gasteiger partial charge on any atom is -0.309 e. The van der Waals surface area contributed by atoms with Crippen LogP contribution in [0.4, 0.5) is 0 Å². The molecule has 0 amide bonds. The Balaban J connectivity index is 1.09. The van der Waals surface area contributed by atoms with Crippen molar-refractivity contribution in [2.24, 2.45) is 0 Å². The molecule has 4 heteroatoms. The van der Waals surface area contributed by atoms with Crippen molar-refractivity contribution in [3.05, 3.63) is 170 Å². The predicted molar refractivity (Wildman–Crippen MR) is 216 cm³/mol. The zero-order chi connectivity index (χ0) is 33.9. The lowest BCUT2D eigenvalue weighted by Crippen LogP contribution is -1.99. The lowest BCUT2D eigenvalue weighted by molar-refractivity contribution is 1.09. The van der Waals surface area contributed by atoms with Crippen molar-refractivity contribution in [3.8, 4) is 45.0 Å². The first-order valence-electron chi connectivity index (χ1n) is 17.7. The molecule has 1 aliphatic carbocycles. The third-order valence-corrected chi connectivity index (χ3v) is 11.1. The number of hydrogen-bond acceptors (Lipinski definition) is 2. The molecule has 7 aromatic carbocycles. The molecule has 0 saturated carbocycles. The van der Waals surface area contributed by atoms with E-state index in [0.717, 1.165) is 39.4 Å². The molecule has 52 heavy (non-hydrogen) atoms. The molecule has 0 bridgehead atoms. The predicted octanol–water partition coefficient (Wildman–Crippen LogP) is 12.3. The number of rotatable bonds is 3. The van der Waals surface area contributed by atoms with Gasteiger partial charge in [-0.2, -0.15) is 0 Å². The van der Waals surface area contributed by atoms with Crippen LogP contribution in [0.5, 0.6) is 0 Å². The van der Waals surface area contributed by atoms with Gasteiger partial charge in [0.25, 0.3) is 0 Å². The molecule has 11 aromatic rings. The Kier molecular flexibility index (Phi) is 5.47. The Morgan fingerprint density at radius 3 is 2.00 bits per heavy atom. The van der Waals surface area contributed by atoms with Crippen LogP contribution in [0.25, 0.3) is 110 Å². The van der Waals surface area contributed by atoms with Gasteiger partial charge in [-0.3, -0.25) is 9.55 Å². The minimum atomic E-state index is 0.922. The number of hydrogen-bond donors (Lipinski definition) is 0. The monoisotopic (exact) mass is 660 g/mol. The molecule has 0 spiro atoms. The van der Waals surface area contributed by atoms with E-state index < -0.39 is 0 Å². The lowest BCUT2D eigenvalue weighted by Gasteiger charge is -2.11. The van der Waals surface area contributed by atoms with E-state index in [0.29, 0.717) is 0 Å². The Hall–Kier alpha value is -7.04. The Morgan fingerprint density at radius 2 is 1.12 bits per heavy atom. The third-order valence-electron chi connectivity index (χ3n) is 11.1. The summed E-state index contributed by atoms with van der Waals surface area (Å²) in [4.78, 5) is 9.82. The number of benzene rings is 7. The van der Waals surface area contributed by atoms with E-state index in [2.05, 4.69) is 172 Å². The molecule has 240 valence electrons. The zero-order valence-corrected chi connectivity index (χ0v) is 28.0. The highest BCUT2D eigenvalue weighted by Gasteiger charge is 2.25. The van der Waals surface area contributed by atoms with Crippen LogP contribution in [0.1, 0.15) is 0 Å². The Labute approximate surface area is 298 Å². The van der Waals surface area contributed by atoms with Crippen LogP contribution in [-0.4, -0.2) is 19.1 Å². The maximum absolute atomic E-state index is 5.38. The van der Waals surface area contributed by atoms with Gasteiger partial charge < -0.3 is 4.57 Å². The van der Waals surface area contributed by atoms with Gasteiger partial charge in [0, 0.05) is 56.1 Å². The second-order valence-electron chi connectivity index (χ2n) is 13.8. The number of pyridine rings is 2. The molecule has 12 rings (SSSR count). The van der Waals surface area contributed by atoms with Crippen LogP contribution >= 0.6 is 0 Å². The summed E-state index contributed by atoms with van der Waals surface area (Å²) < 4.78 is 4.73. The van der Waals surface area contributed by atoms with Gasteiger partial charge in [-0.25, -0.2) is 4.98 Å². The maximum Gasteiger partial charge on any atom is 0.138 e. The molecule has 0 fully saturated rings. The summed E-state index contributed by atoms with van der Waals surface area (Å²) in [6.45, 7) is 0. The fraction of sp³-hybridized carbons (Fsp3) is 0. The first-order valence-corrected chi connectivity index (χ1v) is 17.7. The van der Waals surface area contributed by atoms with Gasteiger partial charge in [0.1, 0.15) is 5.82 Å². The molecule has 0 atom stereocenters. The lowest BCUT2D eigenvalue weighted by atomic mass is 9.99. The summed E-state index contributed by atoms with van der Waals surface area (Å²) in [5.41, 5.74) is 12.8. The van der Waals surface area contributed by atoms with E-state index in [1.165, 1.54) is 70.8 Å². The van der Waals surface area contributed by atoms with Crippen molar-refractivity contribution in [1.29, 1.82) is 0 Å². The summed E-state index contributed by atoms with van der Waals surface area (Å²) in [6, 6.07) is 57.4. The van der Waals surface area contributed by atoms with Gasteiger partial charge in [0.2, 0.25) is 0 Å². The van der Waals surface area contributed by atoms with E-state index in [1.807, 2.05) is 12.4 Å². The van der Waals surface area contributed by atoms with Gasteiger partial charge in [-0.05, 0) is 93.5 Å². The van der Waals surface area contributed by atoms with E-state index in [4.69, 9.17) is 4.98 Å². The van der Waals surface area contributed by atoms with Crippen molar-refractivity contribution in [2.75, 3.05) is 0 Å². The minimum absolute atomic E-state index is 0.922. The van der Waals surface area contributed by atoms with Crippen molar-refractivity contribution >= 4 is 65.2 Å². The smallest absolute Gasteiger partial charge is 0.138 e. The molecule has 4 aromatic heterocycles. The molecule has 0 aliphatic heterocycles. The van der Waals surface area contributed by atoms with E-state index in [9.17, 15) is 0 Å². The highest BCUT2D eigenvalue weighted by Crippen LogP contribution is 2.47. The highest BCUT2D eigenvalue weighted by atomic mass is 15.1. The molecule has 4 nitrogen and oxygen atoms in total. The molecule has 0 N–H and O–H groups in total. The number of para-hydroxylation sites is 2. The van der Waals surface area contributed by atoms with Gasteiger partial charge in [0.15, 0.2) is 0 Å². The average molecular weight is 661 g/mol. The summed E-state index contributed by atoms with van der Waals surface area (Å²) in [6.07, 6.45) is 3.83. The molecule has 0 unspecified atom stereocenters. The van der Waals surface area contributed by atoms with Crippen molar-refractivity contribution in [1.82, 2.24) is 19.1 Å². The van der Waals surface area contributed by atoms with Crippen LogP contribution in [0, 0.1) is 0 Å². The van der Waals surface area contributed by atoms with Crippen LogP contribution in [0.2, 0.25) is 0 Å². The first-order chi connectivity index (χ1) is 25.8. The van der Waals surface area contributed by atoms with Crippen LogP contribution in [-0.2, 0) is 0 Å². The summed E-state index contributed by atoms with van der Waals surface area (Å²) in [7, 11) is 0. The van der Waals surface area contributed by atoms with Crippen molar-refractivity contribution in [3.63, 3.8) is 0 Å². The summed E-state index contributed by atoms with van der Waals surface area (Å²) in [5, 5.41) is 9.87. The quantitative estimate of drug-likeness (QED) is 0.189. The van der Waals surface area contributed by atoms with Gasteiger partial charge >= 0.3 is 0 Å². The SMILES string of the molecule is c1ccc(-n2c3ccc(-c4ccc5c(c4)c4ccccc4n5-c4cc5cccc6c5c(n4)-c4ccncc4-6)cc3c3c4ccccc4ccc32)cc1. The largest absolute Gasteiger partial charge is 0.309 e. The topological polar surface area (TPSA) is 35.6 Å². The fourth-order valence-electron chi connectivity index (χ4n) is 8.87. The summed E-state index contributed by atoms with van der Waals surface area (Å²) >= 11 is 0. The standard InChI is InChI=1S/C48H28N4/c1-2-11-33(12-3-1)51-43-21-19-31(26-39(43)47-34-13-5-4-9-29(34)17-22-44(47)51)30-18-20-42-38(25-30)35-14-6-7-16-41(35)52(42)45-27-32-10-8-15-36-40-28-49-24-23-37(40)48(50-45)46(32)36/h1-28H. The van der Waals surface area contributed by atoms with Crippen LogP contribution < -0.4 is 0 Å². The molecule has 4 heterocycles. The van der Waals surface area contributed by atoms with Crippen LogP contribution in [0.15, 0.2) is 170 Å². The normalized spacial score (nSPS) is 12.2. The highest BCUT2D eigenvalue weighted by molar-refractivity contribution is 6.22. The van der Waals surface area contributed by atoms with Gasteiger partial charge in [-0.1, -0.05) is 97.1 Å². The van der Waals surface area contributed by atoms with E-state index in [1.54, 1.807) is 0 Å². The Bertz CT molecular complexity index is 3290. The van der Waals surface area contributed by atoms with Gasteiger partial charge in [0.05, 0.1) is 27.8 Å². The van der Waals surface area contributed by atoms with Crippen LogP contribution in [0.3, 0.4) is 0 Å². The van der Waals surface area contributed by atoms with Crippen molar-refractivity contribution in [2.45, 2.75) is 0 Å². The second-order valence-corrected chi connectivity index (χ2v) is 13.8. The molecule has 0 saturated heterocycles. The Morgan fingerprint density at radius 1 is 0.404 bits per heavy atom. The molecule has 0 radical (unpaired) electrons. The molecular formula is C48H28N4. The number of aromatic nitrogens is 4. The fourth-order valence-corrected chi connectivity index (χ4v) is 8.87. The number of fused-ring (bicyclic) bond motifs is 11. The second kappa shape index (κ2) is 10.3. The average Bonchev–Trinajstić information content (AvgIpc) is 3.84.